The Balaban J connectivity index is 2.39. The lowest BCUT2D eigenvalue weighted by atomic mass is 10.1. The number of carboxylic acid groups (broad SMARTS) is 1. The quantitative estimate of drug-likeness (QED) is 0.243. The summed E-state index contributed by atoms with van der Waals surface area (Å²) in [5.41, 5.74) is -4.90. The molecule has 0 saturated carbocycles. The van der Waals surface area contributed by atoms with Crippen molar-refractivity contribution in [3.05, 3.63) is 29.8 Å². The van der Waals surface area contributed by atoms with Crippen LogP contribution in [-0.4, -0.2) is 64.1 Å². The predicted octanol–water partition coefficient (Wildman–Crippen LogP) is 2.76. The van der Waals surface area contributed by atoms with Gasteiger partial charge in [-0.1, -0.05) is 12.1 Å². The molecule has 0 amide bonds. The zero-order chi connectivity index (χ0) is 22.6. The zero-order valence-corrected chi connectivity index (χ0v) is 17.2. The predicted molar refractivity (Wildman–Crippen MR) is 99.7 cm³/mol. The summed E-state index contributed by atoms with van der Waals surface area (Å²) in [4.78, 5) is 11.0. The Morgan fingerprint density at radius 2 is 1.67 bits per heavy atom. The number of alkyl halides is 3. The Bertz CT molecular complexity index is 735. The highest BCUT2D eigenvalue weighted by Crippen LogP contribution is 2.27. The average Bonchev–Trinajstić information content (AvgIpc) is 2.66. The number of hydrogen-bond acceptors (Lipinski definition) is 7. The van der Waals surface area contributed by atoms with Gasteiger partial charge in [0.25, 0.3) is 0 Å². The van der Waals surface area contributed by atoms with E-state index in [4.69, 9.17) is 19.3 Å². The molecule has 12 heteroatoms. The first-order valence-corrected chi connectivity index (χ1v) is 10.6. The molecule has 172 valence electrons. The Hall–Kier alpha value is -1.89. The average molecular weight is 458 g/mol. The van der Waals surface area contributed by atoms with Crippen molar-refractivity contribution < 1.29 is 49.9 Å². The van der Waals surface area contributed by atoms with E-state index in [0.29, 0.717) is 45.2 Å². The van der Waals surface area contributed by atoms with E-state index in [0.717, 1.165) is 5.56 Å². The van der Waals surface area contributed by atoms with Gasteiger partial charge in [0, 0.05) is 6.61 Å². The number of rotatable bonds is 15. The molecule has 8 nitrogen and oxygen atoms in total. The van der Waals surface area contributed by atoms with E-state index < -0.39 is 34.1 Å². The lowest BCUT2D eigenvalue weighted by molar-refractivity contribution is -0.146. The Kier molecular flexibility index (Phi) is 11.1. The van der Waals surface area contributed by atoms with Crippen LogP contribution in [0.4, 0.5) is 13.2 Å². The van der Waals surface area contributed by atoms with Gasteiger partial charge in [-0.25, -0.2) is 8.98 Å². The fraction of sp³-hybridized carbons (Fsp3) is 0.611. The molecule has 0 bridgehead atoms. The first-order chi connectivity index (χ1) is 14.1. The van der Waals surface area contributed by atoms with Crippen LogP contribution in [0.25, 0.3) is 0 Å². The van der Waals surface area contributed by atoms with Crippen LogP contribution < -0.4 is 4.74 Å². The third kappa shape index (κ3) is 9.74. The van der Waals surface area contributed by atoms with Crippen molar-refractivity contribution >= 4 is 16.1 Å². The fourth-order valence-electron chi connectivity index (χ4n) is 2.25. The Morgan fingerprint density at radius 1 is 1.07 bits per heavy atom. The molecule has 0 aliphatic rings. The minimum absolute atomic E-state index is 0.109. The van der Waals surface area contributed by atoms with Crippen molar-refractivity contribution in [2.75, 3.05) is 33.0 Å². The summed E-state index contributed by atoms with van der Waals surface area (Å²) < 4.78 is 78.7. The minimum Gasteiger partial charge on any atom is -0.491 e. The van der Waals surface area contributed by atoms with Gasteiger partial charge in [-0.15, -0.1) is 0 Å². The van der Waals surface area contributed by atoms with Crippen molar-refractivity contribution in [1.82, 2.24) is 0 Å². The molecule has 0 aliphatic heterocycles. The highest BCUT2D eigenvalue weighted by atomic mass is 32.2. The van der Waals surface area contributed by atoms with Crippen LogP contribution in [0.5, 0.6) is 5.75 Å². The summed E-state index contributed by atoms with van der Waals surface area (Å²) in [6.07, 6.45) is -2.08. The molecule has 1 aromatic carbocycles. The monoisotopic (exact) mass is 458 g/mol. The molecule has 0 spiro atoms. The standard InChI is InChI=1S/C18H25F3O8S/c1-2-26-10-11-27-12-13-28-15-8-6-14(7-9-15)4-3-5-16(17(22)23)29-30(24,25)18(19,20)21/h6-9,16H,2-5,10-13H2,1H3,(H,22,23)/t16-/m1/s1. The number of aliphatic carboxylic acids is 1. The topological polar surface area (TPSA) is 108 Å². The van der Waals surface area contributed by atoms with E-state index in [1.54, 1.807) is 24.3 Å². The third-order valence-corrected chi connectivity index (χ3v) is 4.78. The van der Waals surface area contributed by atoms with E-state index in [9.17, 15) is 26.4 Å². The third-order valence-electron chi connectivity index (χ3n) is 3.73. The molecule has 30 heavy (non-hydrogen) atoms. The van der Waals surface area contributed by atoms with Gasteiger partial charge in [-0.05, 0) is 43.9 Å². The second-order valence-corrected chi connectivity index (χ2v) is 7.58. The largest absolute Gasteiger partial charge is 0.523 e. The number of halogens is 3. The molecule has 0 aromatic heterocycles. The number of hydrogen-bond donors (Lipinski definition) is 1. The van der Waals surface area contributed by atoms with Gasteiger partial charge in [0.15, 0.2) is 6.10 Å². The molecule has 1 aromatic rings. The Labute approximate surface area is 173 Å². The van der Waals surface area contributed by atoms with E-state index in [1.165, 1.54) is 0 Å². The van der Waals surface area contributed by atoms with E-state index in [1.807, 2.05) is 6.92 Å². The lowest BCUT2D eigenvalue weighted by Crippen LogP contribution is -2.34. The van der Waals surface area contributed by atoms with Gasteiger partial charge < -0.3 is 19.3 Å². The summed E-state index contributed by atoms with van der Waals surface area (Å²) in [5, 5.41) is 8.91. The lowest BCUT2D eigenvalue weighted by Gasteiger charge is -2.15. The van der Waals surface area contributed by atoms with Crippen LogP contribution >= 0.6 is 0 Å². The van der Waals surface area contributed by atoms with Gasteiger partial charge in [0.05, 0.1) is 19.8 Å². The van der Waals surface area contributed by atoms with Gasteiger partial charge in [-0.2, -0.15) is 21.6 Å². The number of ether oxygens (including phenoxy) is 3. The SMILES string of the molecule is CCOCCOCCOc1ccc(CCC[C@@H](OS(=O)(=O)C(F)(F)F)C(=O)O)cc1. The second-order valence-electron chi connectivity index (χ2n) is 6.02. The molecule has 0 heterocycles. The van der Waals surface area contributed by atoms with Gasteiger partial charge in [0.2, 0.25) is 0 Å². The Morgan fingerprint density at radius 3 is 2.23 bits per heavy atom. The maximum Gasteiger partial charge on any atom is 0.523 e. The molecule has 0 aliphatic carbocycles. The number of benzene rings is 1. The number of aryl methyl sites for hydroxylation is 1. The van der Waals surface area contributed by atoms with E-state index in [-0.39, 0.29) is 6.42 Å². The molecule has 0 saturated heterocycles. The molecular weight excluding hydrogens is 433 g/mol. The normalized spacial score (nSPS) is 13.2. The molecule has 1 rings (SSSR count). The fourth-order valence-corrected chi connectivity index (χ4v) is 2.84. The van der Waals surface area contributed by atoms with Crippen LogP contribution in [0.1, 0.15) is 25.3 Å². The molecule has 0 fully saturated rings. The van der Waals surface area contributed by atoms with Crippen molar-refractivity contribution in [2.24, 2.45) is 0 Å². The zero-order valence-electron chi connectivity index (χ0n) is 16.4. The van der Waals surface area contributed by atoms with Gasteiger partial charge in [-0.3, -0.25) is 0 Å². The number of carboxylic acids is 1. The first-order valence-electron chi connectivity index (χ1n) is 9.16. The summed E-state index contributed by atoms with van der Waals surface area (Å²) >= 11 is 0. The van der Waals surface area contributed by atoms with Crippen LogP contribution in [0.2, 0.25) is 0 Å². The van der Waals surface area contributed by atoms with Crippen LogP contribution in [0, 0.1) is 0 Å². The van der Waals surface area contributed by atoms with Gasteiger partial charge >= 0.3 is 21.6 Å². The molecule has 1 N–H and O–H groups in total. The van der Waals surface area contributed by atoms with Crippen LogP contribution in [-0.2, 0) is 35.0 Å². The summed E-state index contributed by atoms with van der Waals surface area (Å²) in [5.74, 6) is -1.19. The smallest absolute Gasteiger partial charge is 0.491 e. The maximum absolute atomic E-state index is 12.3. The highest BCUT2D eigenvalue weighted by Gasteiger charge is 2.49. The van der Waals surface area contributed by atoms with Crippen LogP contribution in [0.15, 0.2) is 24.3 Å². The molecule has 0 unspecified atom stereocenters. The number of carbonyl (C=O) groups is 1. The van der Waals surface area contributed by atoms with Crippen molar-refractivity contribution in [3.8, 4) is 5.75 Å². The minimum atomic E-state index is -5.98. The molecule has 1 atom stereocenters. The molecular formula is C18H25F3O8S. The summed E-state index contributed by atoms with van der Waals surface area (Å²) in [6.45, 7) is 4.25. The van der Waals surface area contributed by atoms with Crippen molar-refractivity contribution in [2.45, 2.75) is 37.8 Å². The highest BCUT2D eigenvalue weighted by molar-refractivity contribution is 7.87. The first kappa shape index (κ1) is 26.1. The second kappa shape index (κ2) is 12.7. The van der Waals surface area contributed by atoms with Crippen molar-refractivity contribution in [1.29, 1.82) is 0 Å². The molecule has 0 radical (unpaired) electrons. The van der Waals surface area contributed by atoms with E-state index >= 15 is 0 Å². The van der Waals surface area contributed by atoms with E-state index in [2.05, 4.69) is 4.18 Å². The van der Waals surface area contributed by atoms with Crippen molar-refractivity contribution in [3.63, 3.8) is 0 Å². The maximum atomic E-state index is 12.3. The van der Waals surface area contributed by atoms with Crippen LogP contribution in [0.3, 0.4) is 0 Å². The summed E-state index contributed by atoms with van der Waals surface area (Å²) in [7, 11) is -5.98. The summed E-state index contributed by atoms with van der Waals surface area (Å²) in [6, 6.07) is 6.81. The van der Waals surface area contributed by atoms with Gasteiger partial charge in [0.1, 0.15) is 12.4 Å².